The van der Waals surface area contributed by atoms with Crippen molar-refractivity contribution in [3.05, 3.63) is 24.5 Å². The molecular weight excluding hydrogens is 317 g/mol. The standard InChI is InChI=1S/C14H24Cl3NSi/c1-2-3-4-5-6-7-8-11-14(19(15,16)17)18-12-9-10-13-18/h9-10,12-14H,2-8,11H2,1H3. The molecule has 1 rings (SSSR count). The SMILES string of the molecule is CCCCCCCCCC(n1cccc1)[Si](Cl)(Cl)Cl. The van der Waals surface area contributed by atoms with Crippen LogP contribution in [0.2, 0.25) is 0 Å². The summed E-state index contributed by atoms with van der Waals surface area (Å²) in [6.45, 7) is 2.24. The Morgan fingerprint density at radius 3 is 1.95 bits per heavy atom. The van der Waals surface area contributed by atoms with E-state index in [-0.39, 0.29) is 5.67 Å². The molecule has 0 saturated carbocycles. The van der Waals surface area contributed by atoms with Crippen molar-refractivity contribution < 1.29 is 0 Å². The van der Waals surface area contributed by atoms with Gasteiger partial charge in [0, 0.05) is 12.4 Å². The molecule has 0 aromatic carbocycles. The normalized spacial score (nSPS) is 13.7. The van der Waals surface area contributed by atoms with Gasteiger partial charge in [0.25, 0.3) is 0 Å². The van der Waals surface area contributed by atoms with E-state index in [1.165, 1.54) is 38.5 Å². The number of aromatic nitrogens is 1. The summed E-state index contributed by atoms with van der Waals surface area (Å²) in [6, 6.07) is 1.28. The maximum Gasteiger partial charge on any atom is 0.363 e. The number of halogens is 3. The van der Waals surface area contributed by atoms with E-state index in [1.807, 2.05) is 24.5 Å². The number of rotatable bonds is 10. The molecule has 0 aliphatic rings. The summed E-state index contributed by atoms with van der Waals surface area (Å²) in [6.07, 6.45) is 14.0. The lowest BCUT2D eigenvalue weighted by atomic mass is 10.1. The van der Waals surface area contributed by atoms with Crippen LogP contribution in [0.5, 0.6) is 0 Å². The van der Waals surface area contributed by atoms with Gasteiger partial charge in [-0.25, -0.2) is 0 Å². The van der Waals surface area contributed by atoms with E-state index in [1.54, 1.807) is 0 Å². The molecule has 0 bridgehead atoms. The number of hydrogen-bond donors (Lipinski definition) is 0. The van der Waals surface area contributed by atoms with Crippen LogP contribution in [0.4, 0.5) is 0 Å². The minimum Gasteiger partial charge on any atom is -0.350 e. The number of nitrogens with zero attached hydrogens (tertiary/aromatic N) is 1. The second-order valence-electron chi connectivity index (χ2n) is 5.10. The first-order valence-electron chi connectivity index (χ1n) is 7.25. The molecule has 1 unspecified atom stereocenters. The van der Waals surface area contributed by atoms with Crippen molar-refractivity contribution in [2.24, 2.45) is 0 Å². The van der Waals surface area contributed by atoms with Gasteiger partial charge in [0.1, 0.15) is 0 Å². The zero-order chi connectivity index (χ0) is 14.1. The van der Waals surface area contributed by atoms with Gasteiger partial charge in [-0.15, -0.1) is 33.2 Å². The minimum atomic E-state index is -2.69. The van der Waals surface area contributed by atoms with Gasteiger partial charge in [-0.3, -0.25) is 0 Å². The molecule has 0 amide bonds. The summed E-state index contributed by atoms with van der Waals surface area (Å²) < 4.78 is 2.07. The first-order valence-corrected chi connectivity index (χ1v) is 12.4. The van der Waals surface area contributed by atoms with Crippen molar-refractivity contribution in [2.75, 3.05) is 0 Å². The van der Waals surface area contributed by atoms with Crippen molar-refractivity contribution in [3.63, 3.8) is 0 Å². The van der Waals surface area contributed by atoms with Crippen molar-refractivity contribution >= 4 is 39.2 Å². The monoisotopic (exact) mass is 339 g/mol. The lowest BCUT2D eigenvalue weighted by molar-refractivity contribution is 0.528. The van der Waals surface area contributed by atoms with E-state index in [0.29, 0.717) is 0 Å². The third-order valence-corrected chi connectivity index (χ3v) is 7.06. The summed E-state index contributed by atoms with van der Waals surface area (Å²) in [5.74, 6) is 0. The summed E-state index contributed by atoms with van der Waals surface area (Å²) in [7, 11) is 0. The van der Waals surface area contributed by atoms with Gasteiger partial charge >= 0.3 is 6.00 Å². The van der Waals surface area contributed by atoms with Crippen LogP contribution in [0.15, 0.2) is 24.5 Å². The molecule has 1 atom stereocenters. The fourth-order valence-electron chi connectivity index (χ4n) is 2.33. The molecule has 5 heteroatoms. The average Bonchev–Trinajstić information content (AvgIpc) is 2.84. The molecule has 0 radical (unpaired) electrons. The molecule has 1 aromatic heterocycles. The van der Waals surface area contributed by atoms with E-state index < -0.39 is 6.00 Å². The maximum atomic E-state index is 6.22. The predicted molar refractivity (Wildman–Crippen MR) is 89.4 cm³/mol. The molecule has 110 valence electrons. The maximum absolute atomic E-state index is 6.22. The highest BCUT2D eigenvalue weighted by Crippen LogP contribution is 2.36. The Kier molecular flexibility index (Phi) is 8.55. The van der Waals surface area contributed by atoms with Gasteiger partial charge in [-0.2, -0.15) is 0 Å². The van der Waals surface area contributed by atoms with Crippen LogP contribution in [0.3, 0.4) is 0 Å². The van der Waals surface area contributed by atoms with E-state index >= 15 is 0 Å². The number of hydrogen-bond acceptors (Lipinski definition) is 0. The molecule has 0 aliphatic carbocycles. The van der Waals surface area contributed by atoms with E-state index in [4.69, 9.17) is 33.2 Å². The largest absolute Gasteiger partial charge is 0.363 e. The van der Waals surface area contributed by atoms with Crippen LogP contribution in [0, 0.1) is 0 Å². The lowest BCUT2D eigenvalue weighted by Crippen LogP contribution is -2.28. The van der Waals surface area contributed by atoms with Crippen molar-refractivity contribution in [1.82, 2.24) is 4.57 Å². The quantitative estimate of drug-likeness (QED) is 0.265. The Bertz CT molecular complexity index is 322. The molecular formula is C14H24Cl3NSi. The molecule has 1 nitrogen and oxygen atoms in total. The fourth-order valence-corrected chi connectivity index (χ4v) is 5.37. The Hall–Kier alpha value is 0.367. The Balaban J connectivity index is 2.27. The van der Waals surface area contributed by atoms with Gasteiger partial charge in [-0.1, -0.05) is 51.9 Å². The lowest BCUT2D eigenvalue weighted by Gasteiger charge is -2.24. The fraction of sp³-hybridized carbons (Fsp3) is 0.714. The first kappa shape index (κ1) is 17.4. The van der Waals surface area contributed by atoms with E-state index in [9.17, 15) is 0 Å². The predicted octanol–water partition coefficient (Wildman–Crippen LogP) is 6.36. The van der Waals surface area contributed by atoms with Crippen molar-refractivity contribution in [1.29, 1.82) is 0 Å². The third-order valence-electron chi connectivity index (χ3n) is 3.45. The van der Waals surface area contributed by atoms with Crippen LogP contribution in [-0.4, -0.2) is 10.6 Å². The van der Waals surface area contributed by atoms with Gasteiger partial charge in [0.15, 0.2) is 0 Å². The molecule has 0 aliphatic heterocycles. The zero-order valence-electron chi connectivity index (χ0n) is 11.6. The van der Waals surface area contributed by atoms with Gasteiger partial charge in [-0.05, 0) is 18.6 Å². The Morgan fingerprint density at radius 1 is 0.895 bits per heavy atom. The molecule has 19 heavy (non-hydrogen) atoms. The second kappa shape index (κ2) is 9.33. The minimum absolute atomic E-state index is 0.0724. The molecule has 0 spiro atoms. The van der Waals surface area contributed by atoms with Crippen LogP contribution < -0.4 is 0 Å². The second-order valence-corrected chi connectivity index (χ2v) is 14.0. The first-order chi connectivity index (χ1) is 9.05. The highest BCUT2D eigenvalue weighted by atomic mass is 35.8. The van der Waals surface area contributed by atoms with Crippen molar-refractivity contribution in [3.8, 4) is 0 Å². The number of unbranched alkanes of at least 4 members (excludes halogenated alkanes) is 6. The van der Waals surface area contributed by atoms with E-state index in [2.05, 4.69) is 11.5 Å². The van der Waals surface area contributed by atoms with Crippen LogP contribution in [-0.2, 0) is 0 Å². The highest BCUT2D eigenvalue weighted by molar-refractivity contribution is 7.65. The summed E-state index contributed by atoms with van der Waals surface area (Å²) in [5, 5.41) is 0. The Labute approximate surface area is 132 Å². The third kappa shape index (κ3) is 7.08. The molecule has 0 fully saturated rings. The van der Waals surface area contributed by atoms with Crippen LogP contribution >= 0.6 is 33.2 Å². The van der Waals surface area contributed by atoms with E-state index in [0.717, 1.165) is 12.8 Å². The molecule has 0 N–H and O–H groups in total. The highest BCUT2D eigenvalue weighted by Gasteiger charge is 2.37. The van der Waals surface area contributed by atoms with Crippen LogP contribution in [0.25, 0.3) is 0 Å². The molecule has 1 heterocycles. The Morgan fingerprint density at radius 2 is 1.42 bits per heavy atom. The van der Waals surface area contributed by atoms with Crippen LogP contribution in [0.1, 0.15) is 64.0 Å². The summed E-state index contributed by atoms with van der Waals surface area (Å²) in [4.78, 5) is 0. The molecule has 1 aromatic rings. The topological polar surface area (TPSA) is 4.93 Å². The summed E-state index contributed by atoms with van der Waals surface area (Å²) in [5.41, 5.74) is 0.0724. The van der Waals surface area contributed by atoms with Gasteiger partial charge < -0.3 is 4.57 Å². The average molecular weight is 341 g/mol. The summed E-state index contributed by atoms with van der Waals surface area (Å²) >= 11 is 18.7. The van der Waals surface area contributed by atoms with Gasteiger partial charge in [0.05, 0.1) is 5.67 Å². The smallest absolute Gasteiger partial charge is 0.350 e. The van der Waals surface area contributed by atoms with Crippen molar-refractivity contribution in [2.45, 2.75) is 64.0 Å². The van der Waals surface area contributed by atoms with Gasteiger partial charge in [0.2, 0.25) is 0 Å². The molecule has 0 saturated heterocycles. The zero-order valence-corrected chi connectivity index (χ0v) is 14.9.